The van der Waals surface area contributed by atoms with E-state index in [1.165, 1.54) is 7.11 Å². The molecule has 2 aromatic heterocycles. The van der Waals surface area contributed by atoms with Gasteiger partial charge in [-0.2, -0.15) is 4.98 Å². The maximum Gasteiger partial charge on any atom is 0.393 e. The van der Waals surface area contributed by atoms with Gasteiger partial charge in [-0.15, -0.1) is 0 Å². The highest BCUT2D eigenvalue weighted by molar-refractivity contribution is 5.93. The number of carbonyl (C=O) groups excluding carboxylic acids is 1. The summed E-state index contributed by atoms with van der Waals surface area (Å²) in [6, 6.07) is 11.1. The first kappa shape index (κ1) is 18.7. The van der Waals surface area contributed by atoms with E-state index in [9.17, 15) is 4.79 Å². The molecule has 0 saturated carbocycles. The first-order valence-electron chi connectivity index (χ1n) is 9.09. The van der Waals surface area contributed by atoms with Gasteiger partial charge < -0.3 is 18.3 Å². The Labute approximate surface area is 167 Å². The molecular formula is C22H20N2O5. The van der Waals surface area contributed by atoms with Gasteiger partial charge in [0.2, 0.25) is 5.89 Å². The van der Waals surface area contributed by atoms with Gasteiger partial charge in [-0.05, 0) is 51.1 Å². The molecule has 0 radical (unpaired) electrons. The molecule has 0 bridgehead atoms. The van der Waals surface area contributed by atoms with Gasteiger partial charge in [-0.3, -0.25) is 0 Å². The minimum Gasteiger partial charge on any atom is -0.454 e. The molecule has 0 aliphatic heterocycles. The van der Waals surface area contributed by atoms with Crippen molar-refractivity contribution in [1.82, 2.24) is 9.97 Å². The van der Waals surface area contributed by atoms with E-state index in [1.807, 2.05) is 26.0 Å². The summed E-state index contributed by atoms with van der Waals surface area (Å²) in [6.45, 7) is 5.77. The fourth-order valence-corrected chi connectivity index (χ4v) is 3.11. The van der Waals surface area contributed by atoms with Crippen molar-refractivity contribution in [2.75, 3.05) is 7.11 Å². The number of ether oxygens (including phenoxy) is 2. The summed E-state index contributed by atoms with van der Waals surface area (Å²) in [7, 11) is 1.46. The van der Waals surface area contributed by atoms with Gasteiger partial charge in [0, 0.05) is 5.56 Å². The SMILES string of the molecule is COc1nc(C)c(COC(=O)c2ccc3nc(-c4cc(C)cc(C)c4)oc3c2)o1. The second kappa shape index (κ2) is 7.43. The molecule has 0 unspecified atom stereocenters. The highest BCUT2D eigenvalue weighted by Crippen LogP contribution is 2.27. The average Bonchev–Trinajstić information content (AvgIpc) is 3.27. The summed E-state index contributed by atoms with van der Waals surface area (Å²) >= 11 is 0. The van der Waals surface area contributed by atoms with E-state index < -0.39 is 5.97 Å². The maximum atomic E-state index is 12.4. The van der Waals surface area contributed by atoms with Crippen molar-refractivity contribution < 1.29 is 23.1 Å². The third-order valence-electron chi connectivity index (χ3n) is 4.47. The van der Waals surface area contributed by atoms with Crippen LogP contribution in [0.3, 0.4) is 0 Å². The third-order valence-corrected chi connectivity index (χ3v) is 4.47. The lowest BCUT2D eigenvalue weighted by Gasteiger charge is -2.03. The van der Waals surface area contributed by atoms with Gasteiger partial charge in [0.05, 0.1) is 18.4 Å². The van der Waals surface area contributed by atoms with Crippen LogP contribution in [0.5, 0.6) is 6.08 Å². The number of aromatic nitrogens is 2. The normalized spacial score (nSPS) is 11.0. The van der Waals surface area contributed by atoms with Crippen LogP contribution in [0.2, 0.25) is 0 Å². The standard InChI is InChI=1S/C22H20N2O5/c1-12-7-13(2)9-16(8-12)20-24-17-6-5-15(10-18(17)28-20)21(25)27-11-19-14(3)23-22(26-4)29-19/h5-10H,11H2,1-4H3. The number of methoxy groups -OCH3 is 1. The molecule has 0 aliphatic carbocycles. The summed E-state index contributed by atoms with van der Waals surface area (Å²) in [5.41, 5.74) is 5.33. The zero-order chi connectivity index (χ0) is 20.5. The summed E-state index contributed by atoms with van der Waals surface area (Å²) in [6.07, 6.45) is 0.135. The Kier molecular flexibility index (Phi) is 4.80. The third kappa shape index (κ3) is 3.85. The molecule has 0 amide bonds. The fourth-order valence-electron chi connectivity index (χ4n) is 3.11. The van der Waals surface area contributed by atoms with E-state index >= 15 is 0 Å². The zero-order valence-electron chi connectivity index (χ0n) is 16.6. The minimum atomic E-state index is -0.494. The predicted octanol–water partition coefficient (Wildman–Crippen LogP) is 4.77. The quantitative estimate of drug-likeness (QED) is 0.452. The van der Waals surface area contributed by atoms with Crippen molar-refractivity contribution in [3.05, 3.63) is 64.5 Å². The Morgan fingerprint density at radius 1 is 1.00 bits per heavy atom. The van der Waals surface area contributed by atoms with Crippen LogP contribution in [0, 0.1) is 20.8 Å². The van der Waals surface area contributed by atoms with Crippen LogP contribution in [0.1, 0.15) is 32.9 Å². The Bertz CT molecular complexity index is 1190. The summed E-state index contributed by atoms with van der Waals surface area (Å²) < 4.78 is 21.5. The lowest BCUT2D eigenvalue weighted by molar-refractivity contribution is 0.0440. The summed E-state index contributed by atoms with van der Waals surface area (Å²) in [4.78, 5) is 21.0. The Morgan fingerprint density at radius 2 is 1.76 bits per heavy atom. The molecule has 2 heterocycles. The van der Waals surface area contributed by atoms with Crippen molar-refractivity contribution in [3.63, 3.8) is 0 Å². The topological polar surface area (TPSA) is 87.6 Å². The molecule has 0 fully saturated rings. The highest BCUT2D eigenvalue weighted by Gasteiger charge is 2.16. The highest BCUT2D eigenvalue weighted by atomic mass is 16.6. The molecule has 2 aromatic carbocycles. The molecule has 29 heavy (non-hydrogen) atoms. The largest absolute Gasteiger partial charge is 0.454 e. The van der Waals surface area contributed by atoms with Crippen molar-refractivity contribution in [1.29, 1.82) is 0 Å². The number of aryl methyl sites for hydroxylation is 3. The van der Waals surface area contributed by atoms with Gasteiger partial charge in [-0.1, -0.05) is 17.2 Å². The molecule has 7 heteroatoms. The molecule has 0 spiro atoms. The van der Waals surface area contributed by atoms with Crippen molar-refractivity contribution in [2.45, 2.75) is 27.4 Å². The van der Waals surface area contributed by atoms with Crippen molar-refractivity contribution in [2.24, 2.45) is 0 Å². The van der Waals surface area contributed by atoms with Gasteiger partial charge in [0.1, 0.15) is 5.52 Å². The average molecular weight is 392 g/mol. The zero-order valence-corrected chi connectivity index (χ0v) is 16.6. The second-order valence-electron chi connectivity index (χ2n) is 6.85. The van der Waals surface area contributed by atoms with E-state index in [4.69, 9.17) is 18.3 Å². The van der Waals surface area contributed by atoms with Gasteiger partial charge in [0.15, 0.2) is 18.0 Å². The molecule has 4 aromatic rings. The maximum absolute atomic E-state index is 12.4. The number of fused-ring (bicyclic) bond motifs is 1. The molecule has 148 valence electrons. The molecule has 7 nitrogen and oxygen atoms in total. The molecule has 0 N–H and O–H groups in total. The number of esters is 1. The van der Waals surface area contributed by atoms with Crippen molar-refractivity contribution in [3.8, 4) is 17.5 Å². The van der Waals surface area contributed by atoms with E-state index in [-0.39, 0.29) is 12.7 Å². The monoisotopic (exact) mass is 392 g/mol. The van der Waals surface area contributed by atoms with Crippen LogP contribution in [-0.4, -0.2) is 23.0 Å². The van der Waals surface area contributed by atoms with Crippen LogP contribution in [0.15, 0.2) is 45.2 Å². The predicted molar refractivity (Wildman–Crippen MR) is 106 cm³/mol. The van der Waals surface area contributed by atoms with E-state index in [0.29, 0.717) is 34.0 Å². The van der Waals surface area contributed by atoms with E-state index in [1.54, 1.807) is 25.1 Å². The molecule has 4 rings (SSSR count). The van der Waals surface area contributed by atoms with Crippen LogP contribution >= 0.6 is 0 Å². The molecule has 0 aliphatic rings. The second-order valence-corrected chi connectivity index (χ2v) is 6.85. The van der Waals surface area contributed by atoms with Gasteiger partial charge in [0.25, 0.3) is 0 Å². The van der Waals surface area contributed by atoms with Crippen LogP contribution in [0.25, 0.3) is 22.6 Å². The summed E-state index contributed by atoms with van der Waals surface area (Å²) in [5, 5.41) is 0. The van der Waals surface area contributed by atoms with Crippen LogP contribution in [-0.2, 0) is 11.3 Å². The number of nitrogens with zero attached hydrogens (tertiary/aromatic N) is 2. The fraction of sp³-hybridized carbons (Fsp3) is 0.227. The lowest BCUT2D eigenvalue weighted by atomic mass is 10.1. The number of hydrogen-bond donors (Lipinski definition) is 0. The number of oxazole rings is 2. The van der Waals surface area contributed by atoms with E-state index in [0.717, 1.165) is 16.7 Å². The number of rotatable bonds is 5. The number of carbonyl (C=O) groups is 1. The molecular weight excluding hydrogens is 372 g/mol. The number of benzene rings is 2. The van der Waals surface area contributed by atoms with Gasteiger partial charge >= 0.3 is 12.0 Å². The first-order valence-corrected chi connectivity index (χ1v) is 9.09. The minimum absolute atomic E-state index is 0.0384. The van der Waals surface area contributed by atoms with Crippen molar-refractivity contribution >= 4 is 17.1 Å². The van der Waals surface area contributed by atoms with Gasteiger partial charge in [-0.25, -0.2) is 9.78 Å². The van der Waals surface area contributed by atoms with Crippen LogP contribution in [0.4, 0.5) is 0 Å². The lowest BCUT2D eigenvalue weighted by Crippen LogP contribution is -2.05. The Morgan fingerprint density at radius 3 is 2.45 bits per heavy atom. The Hall–Kier alpha value is -3.61. The smallest absolute Gasteiger partial charge is 0.393 e. The first-order chi connectivity index (χ1) is 13.9. The van der Waals surface area contributed by atoms with Crippen LogP contribution < -0.4 is 4.74 Å². The van der Waals surface area contributed by atoms with E-state index in [2.05, 4.69) is 16.0 Å². The summed E-state index contributed by atoms with van der Waals surface area (Å²) in [5.74, 6) is 0.459. The number of hydrogen-bond acceptors (Lipinski definition) is 7. The molecule has 0 atom stereocenters. The molecule has 0 saturated heterocycles. The Balaban J connectivity index is 1.55.